The molecule has 2 rings (SSSR count). The van der Waals surface area contributed by atoms with Crippen LogP contribution in [0, 0.1) is 0 Å². The van der Waals surface area contributed by atoms with Gasteiger partial charge in [0.1, 0.15) is 0 Å². The summed E-state index contributed by atoms with van der Waals surface area (Å²) in [6.45, 7) is 3.46. The first-order valence-corrected chi connectivity index (χ1v) is 5.79. The number of hydrogen-bond acceptors (Lipinski definition) is 7. The molecule has 94 valence electrons. The van der Waals surface area contributed by atoms with E-state index in [4.69, 9.17) is 9.47 Å². The summed E-state index contributed by atoms with van der Waals surface area (Å²) >= 11 is 4.31. The zero-order chi connectivity index (χ0) is 12.3. The molecule has 7 heteroatoms. The molecule has 1 saturated heterocycles. The number of piperazine rings is 1. The zero-order valence-corrected chi connectivity index (χ0v) is 10.9. The highest BCUT2D eigenvalue weighted by Gasteiger charge is 2.18. The largest absolute Gasteiger partial charge is 0.481 e. The molecule has 1 fully saturated rings. The minimum absolute atomic E-state index is 0.514. The molecule has 0 radical (unpaired) electrons. The van der Waals surface area contributed by atoms with Gasteiger partial charge in [0.25, 0.3) is 0 Å². The Kier molecular flexibility index (Phi) is 3.90. The molecule has 0 atom stereocenters. The second kappa shape index (κ2) is 5.42. The topological polar surface area (TPSA) is 50.7 Å². The number of ether oxygens (including phenoxy) is 2. The van der Waals surface area contributed by atoms with Gasteiger partial charge >= 0.3 is 0 Å². The highest BCUT2D eigenvalue weighted by molar-refractivity contribution is 7.77. The van der Waals surface area contributed by atoms with Gasteiger partial charge in [-0.1, -0.05) is 12.8 Å². The first-order valence-electron chi connectivity index (χ1n) is 5.39. The molecule has 0 spiro atoms. The van der Waals surface area contributed by atoms with E-state index < -0.39 is 0 Å². The number of anilines is 1. The minimum Gasteiger partial charge on any atom is -0.481 e. The van der Waals surface area contributed by atoms with Crippen LogP contribution in [0.5, 0.6) is 11.8 Å². The van der Waals surface area contributed by atoms with E-state index in [0.29, 0.717) is 17.7 Å². The molecule has 2 heterocycles. The zero-order valence-electron chi connectivity index (χ0n) is 9.96. The molecule has 0 aromatic carbocycles. The van der Waals surface area contributed by atoms with E-state index in [0.717, 1.165) is 26.2 Å². The van der Waals surface area contributed by atoms with Gasteiger partial charge in [-0.3, -0.25) is 0 Å². The lowest BCUT2D eigenvalue weighted by atomic mass is 10.4. The summed E-state index contributed by atoms with van der Waals surface area (Å²) in [5, 5.41) is 0. The van der Waals surface area contributed by atoms with Crippen molar-refractivity contribution >= 4 is 18.8 Å². The molecule has 1 aromatic rings. The molecule has 17 heavy (non-hydrogen) atoms. The van der Waals surface area contributed by atoms with Crippen LogP contribution in [-0.2, 0) is 0 Å². The molecule has 6 nitrogen and oxygen atoms in total. The van der Waals surface area contributed by atoms with Crippen LogP contribution in [0.1, 0.15) is 0 Å². The van der Waals surface area contributed by atoms with Gasteiger partial charge in [-0.15, -0.1) is 0 Å². The van der Waals surface area contributed by atoms with Crippen LogP contribution in [0.25, 0.3) is 0 Å². The number of rotatable bonds is 3. The molecule has 0 aliphatic carbocycles. The normalized spacial score (nSPS) is 17.0. The maximum Gasteiger partial charge on any atom is 0.232 e. The predicted molar refractivity (Wildman–Crippen MR) is 67.9 cm³/mol. The van der Waals surface area contributed by atoms with Gasteiger partial charge in [-0.05, 0) is 0 Å². The maximum atomic E-state index is 5.13. The molecular weight excluding hydrogens is 240 g/mol. The molecule has 0 bridgehead atoms. The fourth-order valence-electron chi connectivity index (χ4n) is 1.64. The Balaban J connectivity index is 2.19. The summed E-state index contributed by atoms with van der Waals surface area (Å²) < 4.78 is 12.2. The monoisotopic (exact) mass is 256 g/mol. The number of thiol groups is 1. The van der Waals surface area contributed by atoms with E-state index in [1.807, 2.05) is 4.31 Å². The molecular formula is C10H16N4O2S. The lowest BCUT2D eigenvalue weighted by Crippen LogP contribution is -2.43. The smallest absolute Gasteiger partial charge is 0.232 e. The van der Waals surface area contributed by atoms with Gasteiger partial charge < -0.3 is 14.4 Å². The summed E-state index contributed by atoms with van der Waals surface area (Å²) in [4.78, 5) is 10.7. The van der Waals surface area contributed by atoms with Crippen molar-refractivity contribution < 1.29 is 9.47 Å². The quantitative estimate of drug-likeness (QED) is 0.793. The third-order valence-corrected chi connectivity index (χ3v) is 3.02. The van der Waals surface area contributed by atoms with Gasteiger partial charge in [0.05, 0.1) is 20.3 Å². The van der Waals surface area contributed by atoms with E-state index in [2.05, 4.69) is 27.7 Å². The maximum absolute atomic E-state index is 5.13. The summed E-state index contributed by atoms with van der Waals surface area (Å²) in [6.07, 6.45) is 0. The molecule has 0 saturated carbocycles. The van der Waals surface area contributed by atoms with Crippen LogP contribution >= 0.6 is 12.8 Å². The Morgan fingerprint density at radius 1 is 1.06 bits per heavy atom. The van der Waals surface area contributed by atoms with Crippen molar-refractivity contribution in [2.45, 2.75) is 0 Å². The predicted octanol–water partition coefficient (Wildman–Crippen LogP) is 0.461. The van der Waals surface area contributed by atoms with Crippen molar-refractivity contribution in [2.75, 3.05) is 45.3 Å². The average Bonchev–Trinajstić information content (AvgIpc) is 2.39. The summed E-state index contributed by atoms with van der Waals surface area (Å²) in [5.74, 6) is 1.67. The lowest BCUT2D eigenvalue weighted by molar-refractivity contribution is 0.368. The van der Waals surface area contributed by atoms with Crippen LogP contribution in [0.2, 0.25) is 0 Å². The highest BCUT2D eigenvalue weighted by Crippen LogP contribution is 2.21. The van der Waals surface area contributed by atoms with Crippen molar-refractivity contribution in [3.8, 4) is 11.8 Å². The van der Waals surface area contributed by atoms with Crippen LogP contribution in [0.3, 0.4) is 0 Å². The molecule has 1 aromatic heterocycles. The molecule has 0 amide bonds. The Hall–Kier alpha value is -1.21. The Morgan fingerprint density at radius 3 is 2.06 bits per heavy atom. The van der Waals surface area contributed by atoms with E-state index in [1.54, 1.807) is 20.3 Å². The van der Waals surface area contributed by atoms with Gasteiger partial charge in [-0.2, -0.15) is 9.97 Å². The van der Waals surface area contributed by atoms with E-state index >= 15 is 0 Å². The van der Waals surface area contributed by atoms with Gasteiger partial charge in [0.15, 0.2) is 0 Å². The van der Waals surface area contributed by atoms with E-state index in [9.17, 15) is 0 Å². The Labute approximate surface area is 106 Å². The van der Waals surface area contributed by atoms with Crippen molar-refractivity contribution in [1.29, 1.82) is 0 Å². The highest BCUT2D eigenvalue weighted by atomic mass is 32.1. The first kappa shape index (κ1) is 12.3. The van der Waals surface area contributed by atoms with Crippen LogP contribution in [0.15, 0.2) is 6.07 Å². The van der Waals surface area contributed by atoms with Crippen molar-refractivity contribution in [1.82, 2.24) is 14.3 Å². The summed E-state index contributed by atoms with van der Waals surface area (Å²) in [6, 6.07) is 1.67. The third-order valence-electron chi connectivity index (χ3n) is 2.62. The number of nitrogens with zero attached hydrogens (tertiary/aromatic N) is 4. The van der Waals surface area contributed by atoms with Crippen molar-refractivity contribution in [2.24, 2.45) is 0 Å². The fraction of sp³-hybridized carbons (Fsp3) is 0.600. The molecule has 1 aliphatic rings. The van der Waals surface area contributed by atoms with Crippen LogP contribution in [0.4, 0.5) is 5.95 Å². The average molecular weight is 256 g/mol. The summed E-state index contributed by atoms with van der Waals surface area (Å²) in [7, 11) is 3.16. The first-order chi connectivity index (χ1) is 8.22. The van der Waals surface area contributed by atoms with Crippen LogP contribution < -0.4 is 14.4 Å². The molecule has 1 aliphatic heterocycles. The van der Waals surface area contributed by atoms with E-state index in [-0.39, 0.29) is 0 Å². The number of methoxy groups -OCH3 is 2. The van der Waals surface area contributed by atoms with Gasteiger partial charge in [0, 0.05) is 26.2 Å². The molecule has 0 N–H and O–H groups in total. The fourth-order valence-corrected chi connectivity index (χ4v) is 1.82. The number of hydrogen-bond donors (Lipinski definition) is 1. The lowest BCUT2D eigenvalue weighted by Gasteiger charge is -2.31. The van der Waals surface area contributed by atoms with E-state index in [1.165, 1.54) is 0 Å². The molecule has 0 unspecified atom stereocenters. The SMILES string of the molecule is COc1cc(OC)nc(N2CCN(S)CC2)n1. The van der Waals surface area contributed by atoms with Crippen molar-refractivity contribution in [3.63, 3.8) is 0 Å². The van der Waals surface area contributed by atoms with Crippen molar-refractivity contribution in [3.05, 3.63) is 6.07 Å². The second-order valence-corrected chi connectivity index (χ2v) is 4.26. The second-order valence-electron chi connectivity index (χ2n) is 3.69. The van der Waals surface area contributed by atoms with Gasteiger partial charge in [-0.25, -0.2) is 4.31 Å². The van der Waals surface area contributed by atoms with Crippen LogP contribution in [-0.4, -0.2) is 54.7 Å². The Bertz CT molecular complexity index is 360. The number of aromatic nitrogens is 2. The summed E-state index contributed by atoms with van der Waals surface area (Å²) in [5.41, 5.74) is 0. The standard InChI is InChI=1S/C10H16N4O2S/c1-15-8-7-9(16-2)12-10(11-8)13-3-5-14(17)6-4-13/h7,17H,3-6H2,1-2H3. The van der Waals surface area contributed by atoms with Gasteiger partial charge in [0.2, 0.25) is 17.7 Å². The third kappa shape index (κ3) is 2.92. The minimum atomic E-state index is 0.514. The Morgan fingerprint density at radius 2 is 1.59 bits per heavy atom.